The molecule has 31 heavy (non-hydrogen) atoms. The Morgan fingerprint density at radius 2 is 2.03 bits per heavy atom. The van der Waals surface area contributed by atoms with E-state index in [2.05, 4.69) is 69.5 Å². The minimum atomic E-state index is 0.0352. The number of carbonyl (C=O) groups excluding carboxylic acids is 1. The fourth-order valence-corrected chi connectivity index (χ4v) is 4.79. The second-order valence-electron chi connectivity index (χ2n) is 8.66. The maximum Gasteiger partial charge on any atom is 0.224 e. The SMILES string of the molecule is Cc1ccc2[nH]c(C)c(CC(=O)NC3CCCc4c3cnn4Cc3ccccc3)c2c1. The molecule has 1 unspecified atom stereocenters. The summed E-state index contributed by atoms with van der Waals surface area (Å²) in [5.41, 5.74) is 8.11. The Labute approximate surface area is 182 Å². The number of hydrogen-bond donors (Lipinski definition) is 2. The zero-order valence-corrected chi connectivity index (χ0v) is 18.1. The highest BCUT2D eigenvalue weighted by Crippen LogP contribution is 2.30. The van der Waals surface area contributed by atoms with Gasteiger partial charge in [-0.1, -0.05) is 42.0 Å². The van der Waals surface area contributed by atoms with Crippen molar-refractivity contribution in [3.8, 4) is 0 Å². The lowest BCUT2D eigenvalue weighted by Gasteiger charge is -2.24. The molecule has 4 aromatic rings. The molecule has 0 saturated carbocycles. The number of aromatic nitrogens is 3. The number of amides is 1. The third kappa shape index (κ3) is 3.88. The average Bonchev–Trinajstić information content (AvgIpc) is 3.30. The number of carbonyl (C=O) groups is 1. The molecule has 1 aliphatic rings. The fourth-order valence-electron chi connectivity index (χ4n) is 4.79. The molecule has 2 aromatic heterocycles. The van der Waals surface area contributed by atoms with Gasteiger partial charge in [-0.15, -0.1) is 0 Å². The van der Waals surface area contributed by atoms with Crippen molar-refractivity contribution in [1.82, 2.24) is 20.1 Å². The Morgan fingerprint density at radius 1 is 1.19 bits per heavy atom. The molecule has 0 radical (unpaired) electrons. The minimum absolute atomic E-state index is 0.0352. The van der Waals surface area contributed by atoms with Gasteiger partial charge in [0.15, 0.2) is 0 Å². The summed E-state index contributed by atoms with van der Waals surface area (Å²) in [4.78, 5) is 16.4. The normalized spacial score (nSPS) is 15.7. The lowest BCUT2D eigenvalue weighted by atomic mass is 9.92. The van der Waals surface area contributed by atoms with Crippen molar-refractivity contribution in [3.05, 3.63) is 88.4 Å². The molecule has 0 saturated heterocycles. The first-order chi connectivity index (χ1) is 15.1. The van der Waals surface area contributed by atoms with Crippen molar-refractivity contribution in [3.63, 3.8) is 0 Å². The standard InChI is InChI=1S/C26H28N4O/c1-17-11-12-24-21(13-17)20(18(2)28-24)14-26(31)29-23-9-6-10-25-22(23)15-27-30(25)16-19-7-4-3-5-8-19/h3-5,7-8,11-13,15,23,28H,6,9-10,14,16H2,1-2H3,(H,29,31). The van der Waals surface area contributed by atoms with Crippen LogP contribution < -0.4 is 5.32 Å². The lowest BCUT2D eigenvalue weighted by Crippen LogP contribution is -2.32. The van der Waals surface area contributed by atoms with Crippen LogP contribution in [0, 0.1) is 13.8 Å². The van der Waals surface area contributed by atoms with Gasteiger partial charge in [-0.3, -0.25) is 9.48 Å². The Balaban J connectivity index is 1.33. The summed E-state index contributed by atoms with van der Waals surface area (Å²) in [5.74, 6) is 0.0687. The summed E-state index contributed by atoms with van der Waals surface area (Å²) in [6.07, 6.45) is 5.36. The van der Waals surface area contributed by atoms with E-state index >= 15 is 0 Å². The molecule has 5 heteroatoms. The first-order valence-electron chi connectivity index (χ1n) is 11.0. The second-order valence-corrected chi connectivity index (χ2v) is 8.66. The van der Waals surface area contributed by atoms with Gasteiger partial charge in [-0.25, -0.2) is 0 Å². The van der Waals surface area contributed by atoms with E-state index in [-0.39, 0.29) is 11.9 Å². The van der Waals surface area contributed by atoms with Crippen molar-refractivity contribution >= 4 is 16.8 Å². The summed E-state index contributed by atoms with van der Waals surface area (Å²) in [6, 6.07) is 16.8. The van der Waals surface area contributed by atoms with E-state index in [1.54, 1.807) is 0 Å². The van der Waals surface area contributed by atoms with Crippen LogP contribution in [-0.4, -0.2) is 20.7 Å². The summed E-state index contributed by atoms with van der Waals surface area (Å²) in [6.45, 7) is 4.90. The molecule has 5 rings (SSSR count). The highest BCUT2D eigenvalue weighted by atomic mass is 16.1. The fraction of sp³-hybridized carbons (Fsp3) is 0.308. The van der Waals surface area contributed by atoms with Crippen LogP contribution in [0.1, 0.15) is 52.5 Å². The zero-order valence-electron chi connectivity index (χ0n) is 18.1. The smallest absolute Gasteiger partial charge is 0.224 e. The average molecular weight is 413 g/mol. The van der Waals surface area contributed by atoms with Crippen LogP contribution in [-0.2, 0) is 24.2 Å². The van der Waals surface area contributed by atoms with Crippen LogP contribution in [0.4, 0.5) is 0 Å². The van der Waals surface area contributed by atoms with E-state index in [1.807, 2.05) is 19.2 Å². The summed E-state index contributed by atoms with van der Waals surface area (Å²) < 4.78 is 2.09. The minimum Gasteiger partial charge on any atom is -0.358 e. The van der Waals surface area contributed by atoms with Crippen LogP contribution in [0.25, 0.3) is 10.9 Å². The second kappa shape index (κ2) is 8.06. The number of nitrogens with zero attached hydrogens (tertiary/aromatic N) is 2. The Hall–Kier alpha value is -3.34. The van der Waals surface area contributed by atoms with Crippen LogP contribution in [0.5, 0.6) is 0 Å². The Kier molecular flexibility index (Phi) is 5.10. The van der Waals surface area contributed by atoms with E-state index in [0.29, 0.717) is 6.42 Å². The summed E-state index contributed by atoms with van der Waals surface area (Å²) in [7, 11) is 0. The molecule has 1 aliphatic carbocycles. The van der Waals surface area contributed by atoms with Crippen LogP contribution in [0.15, 0.2) is 54.7 Å². The van der Waals surface area contributed by atoms with E-state index < -0.39 is 0 Å². The number of nitrogens with one attached hydrogen (secondary N) is 2. The van der Waals surface area contributed by atoms with Gasteiger partial charge in [-0.05, 0) is 56.4 Å². The number of aromatic amines is 1. The first kappa shape index (κ1) is 19.6. The van der Waals surface area contributed by atoms with Crippen LogP contribution in [0.3, 0.4) is 0 Å². The molecule has 2 aromatic carbocycles. The number of H-pyrrole nitrogens is 1. The summed E-state index contributed by atoms with van der Waals surface area (Å²) in [5, 5.41) is 9.09. The van der Waals surface area contributed by atoms with E-state index in [9.17, 15) is 4.79 Å². The molecule has 0 aliphatic heterocycles. The van der Waals surface area contributed by atoms with Crippen molar-refractivity contribution < 1.29 is 4.79 Å². The number of hydrogen-bond acceptors (Lipinski definition) is 2. The third-order valence-electron chi connectivity index (χ3n) is 6.39. The zero-order chi connectivity index (χ0) is 21.4. The molecule has 2 N–H and O–H groups in total. The van der Waals surface area contributed by atoms with E-state index in [0.717, 1.165) is 48.0 Å². The third-order valence-corrected chi connectivity index (χ3v) is 6.39. The van der Waals surface area contributed by atoms with E-state index in [1.165, 1.54) is 22.4 Å². The largest absolute Gasteiger partial charge is 0.358 e. The predicted octanol–water partition coefficient (Wildman–Crippen LogP) is 4.77. The molecule has 0 spiro atoms. The van der Waals surface area contributed by atoms with E-state index in [4.69, 9.17) is 0 Å². The molecule has 158 valence electrons. The van der Waals surface area contributed by atoms with Gasteiger partial charge in [-0.2, -0.15) is 5.10 Å². The highest BCUT2D eigenvalue weighted by molar-refractivity contribution is 5.90. The predicted molar refractivity (Wildman–Crippen MR) is 123 cm³/mol. The first-order valence-corrected chi connectivity index (χ1v) is 11.0. The van der Waals surface area contributed by atoms with Gasteiger partial charge in [0.25, 0.3) is 0 Å². The molecule has 2 heterocycles. The van der Waals surface area contributed by atoms with Gasteiger partial charge < -0.3 is 10.3 Å². The quantitative estimate of drug-likeness (QED) is 0.496. The number of aryl methyl sites for hydroxylation is 2. The molecular weight excluding hydrogens is 384 g/mol. The van der Waals surface area contributed by atoms with Gasteiger partial charge in [0, 0.05) is 27.9 Å². The molecular formula is C26H28N4O. The number of rotatable bonds is 5. The van der Waals surface area contributed by atoms with Gasteiger partial charge >= 0.3 is 0 Å². The molecule has 1 amide bonds. The monoisotopic (exact) mass is 412 g/mol. The van der Waals surface area contributed by atoms with Crippen LogP contribution in [0.2, 0.25) is 0 Å². The number of fused-ring (bicyclic) bond motifs is 2. The van der Waals surface area contributed by atoms with Crippen LogP contribution >= 0.6 is 0 Å². The van der Waals surface area contributed by atoms with Crippen molar-refractivity contribution in [1.29, 1.82) is 0 Å². The Morgan fingerprint density at radius 3 is 2.87 bits per heavy atom. The topological polar surface area (TPSA) is 62.7 Å². The lowest BCUT2D eigenvalue weighted by molar-refractivity contribution is -0.121. The maximum atomic E-state index is 13.0. The molecule has 1 atom stereocenters. The van der Waals surface area contributed by atoms with Gasteiger partial charge in [0.1, 0.15) is 0 Å². The van der Waals surface area contributed by atoms with Crippen molar-refractivity contribution in [2.75, 3.05) is 0 Å². The molecule has 5 nitrogen and oxygen atoms in total. The summed E-state index contributed by atoms with van der Waals surface area (Å²) >= 11 is 0. The van der Waals surface area contributed by atoms with Crippen molar-refractivity contribution in [2.24, 2.45) is 0 Å². The maximum absolute atomic E-state index is 13.0. The Bertz CT molecular complexity index is 1240. The van der Waals surface area contributed by atoms with Gasteiger partial charge in [0.05, 0.1) is 25.2 Å². The highest BCUT2D eigenvalue weighted by Gasteiger charge is 2.26. The molecule has 0 fully saturated rings. The van der Waals surface area contributed by atoms with Gasteiger partial charge in [0.2, 0.25) is 5.91 Å². The molecule has 0 bridgehead atoms. The van der Waals surface area contributed by atoms with Crippen molar-refractivity contribution in [2.45, 2.75) is 52.1 Å². The number of benzene rings is 2.